The van der Waals surface area contributed by atoms with Crippen molar-refractivity contribution in [3.8, 4) is 11.5 Å². The zero-order valence-electron chi connectivity index (χ0n) is 18.6. The number of nitrogens with one attached hydrogen (secondary N) is 1. The summed E-state index contributed by atoms with van der Waals surface area (Å²) >= 11 is 0. The van der Waals surface area contributed by atoms with E-state index in [0.717, 1.165) is 62.4 Å². The van der Waals surface area contributed by atoms with Crippen molar-refractivity contribution in [3.63, 3.8) is 0 Å². The predicted molar refractivity (Wildman–Crippen MR) is 133 cm³/mol. The van der Waals surface area contributed by atoms with Crippen molar-refractivity contribution >= 4 is 29.9 Å². The Labute approximate surface area is 201 Å². The lowest BCUT2D eigenvalue weighted by atomic mass is 9.99. The summed E-state index contributed by atoms with van der Waals surface area (Å²) in [4.78, 5) is 9.37. The van der Waals surface area contributed by atoms with Gasteiger partial charge in [-0.3, -0.25) is 9.89 Å². The minimum absolute atomic E-state index is 0. The van der Waals surface area contributed by atoms with E-state index in [-0.39, 0.29) is 30.0 Å². The smallest absolute Gasteiger partial charge is 0.194 e. The Balaban J connectivity index is 0.00000272. The van der Waals surface area contributed by atoms with E-state index in [0.29, 0.717) is 0 Å². The molecule has 1 aromatic carbocycles. The fourth-order valence-electron chi connectivity index (χ4n) is 4.53. The molecule has 0 amide bonds. The molecule has 7 nitrogen and oxygen atoms in total. The maximum Gasteiger partial charge on any atom is 0.194 e. The number of methoxy groups -OCH3 is 2. The van der Waals surface area contributed by atoms with Crippen molar-refractivity contribution in [3.05, 3.63) is 47.4 Å². The van der Waals surface area contributed by atoms with Gasteiger partial charge in [-0.05, 0) is 67.7 Å². The van der Waals surface area contributed by atoms with Crippen LogP contribution in [0.3, 0.4) is 0 Å². The number of likely N-dealkylation sites (tertiary alicyclic amines) is 1. The molecule has 170 valence electrons. The van der Waals surface area contributed by atoms with E-state index in [1.807, 2.05) is 13.1 Å². The molecular weight excluding hydrogens is 507 g/mol. The Hall–Kier alpha value is -1.94. The van der Waals surface area contributed by atoms with Crippen molar-refractivity contribution in [2.24, 2.45) is 4.99 Å². The molecule has 1 saturated heterocycles. The summed E-state index contributed by atoms with van der Waals surface area (Å²) in [5, 5.41) is 3.60. The quantitative estimate of drug-likeness (QED) is 0.343. The molecule has 2 aliphatic heterocycles. The second kappa shape index (κ2) is 11.1. The largest absolute Gasteiger partial charge is 0.493 e. The average Bonchev–Trinajstić information content (AvgIpc) is 3.50. The molecular formula is C23H33IN4O3. The van der Waals surface area contributed by atoms with Gasteiger partial charge in [-0.25, -0.2) is 0 Å². The third kappa shape index (κ3) is 5.28. The van der Waals surface area contributed by atoms with E-state index in [2.05, 4.69) is 38.3 Å². The normalized spacial score (nSPS) is 17.6. The van der Waals surface area contributed by atoms with E-state index in [9.17, 15) is 0 Å². The number of furan rings is 1. The van der Waals surface area contributed by atoms with Crippen LogP contribution in [-0.2, 0) is 13.0 Å². The Morgan fingerprint density at radius 3 is 2.45 bits per heavy atom. The van der Waals surface area contributed by atoms with Crippen molar-refractivity contribution in [2.75, 3.05) is 47.4 Å². The minimum Gasteiger partial charge on any atom is -0.493 e. The molecule has 2 aromatic rings. The number of fused-ring (bicyclic) bond motifs is 1. The Morgan fingerprint density at radius 2 is 1.84 bits per heavy atom. The van der Waals surface area contributed by atoms with Gasteiger partial charge in [0.25, 0.3) is 0 Å². The zero-order chi connectivity index (χ0) is 20.9. The molecule has 2 aliphatic rings. The maximum absolute atomic E-state index is 5.75. The van der Waals surface area contributed by atoms with Gasteiger partial charge in [0.15, 0.2) is 17.5 Å². The summed E-state index contributed by atoms with van der Waals surface area (Å²) in [6.45, 7) is 4.71. The number of hydrogen-bond donors (Lipinski definition) is 1. The third-order valence-corrected chi connectivity index (χ3v) is 6.14. The van der Waals surface area contributed by atoms with Crippen LogP contribution >= 0.6 is 24.0 Å². The lowest BCUT2D eigenvalue weighted by Gasteiger charge is -2.33. The fourth-order valence-corrected chi connectivity index (χ4v) is 4.53. The molecule has 3 heterocycles. The topological polar surface area (TPSA) is 62.5 Å². The number of benzene rings is 1. The van der Waals surface area contributed by atoms with Gasteiger partial charge >= 0.3 is 0 Å². The highest BCUT2D eigenvalue weighted by Gasteiger charge is 2.27. The number of halogens is 1. The first-order valence-electron chi connectivity index (χ1n) is 10.7. The van der Waals surface area contributed by atoms with Crippen LogP contribution in [0.1, 0.15) is 35.8 Å². The highest BCUT2D eigenvalue weighted by atomic mass is 127. The molecule has 1 unspecified atom stereocenters. The molecule has 0 spiro atoms. The molecule has 1 fully saturated rings. The van der Waals surface area contributed by atoms with Crippen LogP contribution in [0.15, 0.2) is 39.9 Å². The number of aliphatic imine (C=N–C) groups is 1. The van der Waals surface area contributed by atoms with Gasteiger partial charge in [0.05, 0.1) is 26.5 Å². The molecule has 0 aliphatic carbocycles. The molecule has 8 heteroatoms. The van der Waals surface area contributed by atoms with Crippen LogP contribution in [0, 0.1) is 0 Å². The summed E-state index contributed by atoms with van der Waals surface area (Å²) in [6.07, 6.45) is 5.21. The van der Waals surface area contributed by atoms with Crippen LogP contribution in [0.4, 0.5) is 0 Å². The number of guanidine groups is 1. The van der Waals surface area contributed by atoms with Crippen molar-refractivity contribution < 1.29 is 13.9 Å². The van der Waals surface area contributed by atoms with Crippen LogP contribution in [0.2, 0.25) is 0 Å². The van der Waals surface area contributed by atoms with Crippen LogP contribution in [0.25, 0.3) is 0 Å². The number of rotatable bonds is 6. The molecule has 1 atom stereocenters. The van der Waals surface area contributed by atoms with Crippen molar-refractivity contribution in [1.29, 1.82) is 0 Å². The third-order valence-electron chi connectivity index (χ3n) is 6.14. The highest BCUT2D eigenvalue weighted by Crippen LogP contribution is 2.33. The van der Waals surface area contributed by atoms with E-state index < -0.39 is 0 Å². The molecule has 31 heavy (non-hydrogen) atoms. The number of ether oxygens (including phenoxy) is 2. The van der Waals surface area contributed by atoms with Gasteiger partial charge in [0, 0.05) is 26.7 Å². The number of hydrogen-bond acceptors (Lipinski definition) is 5. The summed E-state index contributed by atoms with van der Waals surface area (Å²) < 4.78 is 16.7. The first-order valence-corrected chi connectivity index (χ1v) is 10.7. The van der Waals surface area contributed by atoms with Crippen LogP contribution < -0.4 is 14.8 Å². The summed E-state index contributed by atoms with van der Waals surface area (Å²) in [5.74, 6) is 3.50. The SMILES string of the molecule is CN=C(NCC(c1ccco1)N1CCCC1)N1CCc2cc(OC)c(OC)cc2C1.I. The summed E-state index contributed by atoms with van der Waals surface area (Å²) in [5.41, 5.74) is 2.56. The van der Waals surface area contributed by atoms with E-state index in [4.69, 9.17) is 13.9 Å². The molecule has 0 saturated carbocycles. The second-order valence-electron chi connectivity index (χ2n) is 7.85. The zero-order valence-corrected chi connectivity index (χ0v) is 20.9. The first-order chi connectivity index (χ1) is 14.7. The van der Waals surface area contributed by atoms with Crippen molar-refractivity contribution in [2.45, 2.75) is 31.8 Å². The van der Waals surface area contributed by atoms with Crippen LogP contribution in [-0.4, -0.2) is 63.2 Å². The number of nitrogens with zero attached hydrogens (tertiary/aromatic N) is 3. The second-order valence-corrected chi connectivity index (χ2v) is 7.85. The van der Waals surface area contributed by atoms with E-state index in [1.54, 1.807) is 20.5 Å². The predicted octanol–water partition coefficient (Wildman–Crippen LogP) is 3.69. The molecule has 1 aromatic heterocycles. The molecule has 1 N–H and O–H groups in total. The molecule has 0 radical (unpaired) electrons. The molecule has 0 bridgehead atoms. The highest BCUT2D eigenvalue weighted by molar-refractivity contribution is 14.0. The fraction of sp³-hybridized carbons (Fsp3) is 0.522. The van der Waals surface area contributed by atoms with Gasteiger partial charge < -0.3 is 24.1 Å². The Kier molecular flexibility index (Phi) is 8.48. The average molecular weight is 540 g/mol. The van der Waals surface area contributed by atoms with E-state index in [1.165, 1.54) is 24.0 Å². The molecule has 4 rings (SSSR count). The monoisotopic (exact) mass is 540 g/mol. The lowest BCUT2D eigenvalue weighted by Crippen LogP contribution is -2.46. The Bertz CT molecular complexity index is 866. The summed E-state index contributed by atoms with van der Waals surface area (Å²) in [6, 6.07) is 8.45. The van der Waals surface area contributed by atoms with Gasteiger partial charge in [-0.1, -0.05) is 0 Å². The first kappa shape index (κ1) is 23.7. The van der Waals surface area contributed by atoms with Gasteiger partial charge in [-0.2, -0.15) is 0 Å². The van der Waals surface area contributed by atoms with Crippen molar-refractivity contribution in [1.82, 2.24) is 15.1 Å². The summed E-state index contributed by atoms with van der Waals surface area (Å²) in [7, 11) is 5.21. The lowest BCUT2D eigenvalue weighted by molar-refractivity contribution is 0.213. The minimum atomic E-state index is 0. The van der Waals surface area contributed by atoms with Crippen LogP contribution in [0.5, 0.6) is 11.5 Å². The maximum atomic E-state index is 5.75. The standard InChI is InChI=1S/C23H32N4O3.HI/c1-24-23(25-15-19(20-7-6-12-30-20)26-9-4-5-10-26)27-11-8-17-13-21(28-2)22(29-3)14-18(17)16-27;/h6-7,12-14,19H,4-5,8-11,15-16H2,1-3H3,(H,24,25);1H. The van der Waals surface area contributed by atoms with Gasteiger partial charge in [0.1, 0.15) is 5.76 Å². The van der Waals surface area contributed by atoms with Gasteiger partial charge in [0.2, 0.25) is 0 Å². The van der Waals surface area contributed by atoms with E-state index >= 15 is 0 Å². The Morgan fingerprint density at radius 1 is 1.13 bits per heavy atom. The van der Waals surface area contributed by atoms with Gasteiger partial charge in [-0.15, -0.1) is 24.0 Å².